The number of guanidine groups is 1. The van der Waals surface area contributed by atoms with Gasteiger partial charge in [-0.25, -0.2) is 0 Å². The maximum Gasteiger partial charge on any atom is 0.193 e. The first kappa shape index (κ1) is 22.1. The van der Waals surface area contributed by atoms with Crippen LogP contribution in [0.25, 0.3) is 0 Å². The van der Waals surface area contributed by atoms with Crippen LogP contribution in [0.15, 0.2) is 47.7 Å². The quantitative estimate of drug-likeness (QED) is 0.391. The molecule has 29 heavy (non-hydrogen) atoms. The molecule has 6 nitrogen and oxygen atoms in total. The van der Waals surface area contributed by atoms with Crippen molar-refractivity contribution in [2.45, 2.75) is 30.6 Å². The summed E-state index contributed by atoms with van der Waals surface area (Å²) in [6.07, 6.45) is 7.36. The predicted molar refractivity (Wildman–Crippen MR) is 127 cm³/mol. The van der Waals surface area contributed by atoms with Crippen molar-refractivity contribution in [3.63, 3.8) is 0 Å². The van der Waals surface area contributed by atoms with E-state index in [-0.39, 0.29) is 29.4 Å². The average Bonchev–Trinajstić information content (AvgIpc) is 3.39. The number of aromatic nitrogens is 2. The smallest absolute Gasteiger partial charge is 0.193 e. The number of nitrogens with one attached hydrogen (secondary N) is 1. The van der Waals surface area contributed by atoms with Crippen molar-refractivity contribution < 1.29 is 4.74 Å². The lowest BCUT2D eigenvalue weighted by Gasteiger charge is -2.39. The topological polar surface area (TPSA) is 54.7 Å². The average molecular weight is 509 g/mol. The Bertz CT molecular complexity index is 801. The summed E-state index contributed by atoms with van der Waals surface area (Å²) >= 11 is 0. The Morgan fingerprint density at radius 2 is 2.03 bits per heavy atom. The van der Waals surface area contributed by atoms with E-state index in [0.29, 0.717) is 5.92 Å². The molecule has 0 aliphatic carbocycles. The zero-order valence-corrected chi connectivity index (χ0v) is 19.7. The molecule has 0 radical (unpaired) electrons. The summed E-state index contributed by atoms with van der Waals surface area (Å²) in [6, 6.07) is 10.9. The molecule has 1 aromatic carbocycles. The molecule has 2 aliphatic heterocycles. The van der Waals surface area contributed by atoms with Crippen molar-refractivity contribution in [2.24, 2.45) is 12.0 Å². The summed E-state index contributed by atoms with van der Waals surface area (Å²) in [4.78, 5) is 6.98. The summed E-state index contributed by atoms with van der Waals surface area (Å²) in [5.74, 6) is 1.53. The van der Waals surface area contributed by atoms with Gasteiger partial charge in [-0.2, -0.15) is 5.10 Å². The van der Waals surface area contributed by atoms with E-state index in [0.717, 1.165) is 58.1 Å². The van der Waals surface area contributed by atoms with Gasteiger partial charge in [-0.15, -0.1) is 24.0 Å². The molecule has 7 heteroatoms. The van der Waals surface area contributed by atoms with Crippen LogP contribution in [0.4, 0.5) is 0 Å². The fraction of sp³-hybridized carbons (Fsp3) is 0.545. The molecule has 0 bridgehead atoms. The zero-order valence-electron chi connectivity index (χ0n) is 17.4. The Morgan fingerprint density at radius 3 is 2.69 bits per heavy atom. The number of aliphatic imine (C=N–C) groups is 1. The van der Waals surface area contributed by atoms with Gasteiger partial charge < -0.3 is 15.0 Å². The van der Waals surface area contributed by atoms with Gasteiger partial charge in [-0.05, 0) is 30.4 Å². The summed E-state index contributed by atoms with van der Waals surface area (Å²) in [6.45, 7) is 4.55. The molecule has 4 rings (SSSR count). The molecule has 158 valence electrons. The summed E-state index contributed by atoms with van der Waals surface area (Å²) < 4.78 is 7.56. The second-order valence-corrected chi connectivity index (χ2v) is 8.04. The van der Waals surface area contributed by atoms with Gasteiger partial charge >= 0.3 is 0 Å². The van der Waals surface area contributed by atoms with E-state index in [9.17, 15) is 0 Å². The molecular formula is C22H32IN5O. The van der Waals surface area contributed by atoms with Crippen LogP contribution in [0, 0.1) is 0 Å². The van der Waals surface area contributed by atoms with E-state index in [1.54, 1.807) is 0 Å². The maximum absolute atomic E-state index is 5.67. The highest BCUT2D eigenvalue weighted by Crippen LogP contribution is 2.34. The van der Waals surface area contributed by atoms with Crippen LogP contribution in [-0.2, 0) is 17.2 Å². The molecular weight excluding hydrogens is 477 g/mol. The van der Waals surface area contributed by atoms with Crippen molar-refractivity contribution >= 4 is 29.9 Å². The van der Waals surface area contributed by atoms with Gasteiger partial charge in [0.1, 0.15) is 0 Å². The minimum Gasteiger partial charge on any atom is -0.381 e. The maximum atomic E-state index is 5.67. The van der Waals surface area contributed by atoms with E-state index in [4.69, 9.17) is 4.74 Å². The first-order chi connectivity index (χ1) is 13.7. The fourth-order valence-electron chi connectivity index (χ4n) is 4.58. The molecule has 2 fully saturated rings. The van der Waals surface area contributed by atoms with Crippen molar-refractivity contribution in [3.05, 3.63) is 53.9 Å². The number of hydrogen-bond donors (Lipinski definition) is 1. The van der Waals surface area contributed by atoms with Crippen molar-refractivity contribution in [3.8, 4) is 0 Å². The van der Waals surface area contributed by atoms with Gasteiger partial charge in [0.25, 0.3) is 0 Å². The number of hydrogen-bond acceptors (Lipinski definition) is 3. The number of halogens is 1. The first-order valence-corrected chi connectivity index (χ1v) is 10.3. The van der Waals surface area contributed by atoms with E-state index >= 15 is 0 Å². The van der Waals surface area contributed by atoms with Crippen LogP contribution < -0.4 is 5.32 Å². The second kappa shape index (κ2) is 9.93. The number of likely N-dealkylation sites (tertiary alicyclic amines) is 1. The Labute approximate surface area is 190 Å². The normalized spacial score (nSPS) is 21.7. The van der Waals surface area contributed by atoms with Crippen molar-refractivity contribution in [1.82, 2.24) is 20.0 Å². The number of benzene rings is 1. The Balaban J connectivity index is 0.00000240. The van der Waals surface area contributed by atoms with Crippen LogP contribution in [0.5, 0.6) is 0 Å². The van der Waals surface area contributed by atoms with Crippen molar-refractivity contribution in [2.75, 3.05) is 39.9 Å². The second-order valence-electron chi connectivity index (χ2n) is 8.04. The summed E-state index contributed by atoms with van der Waals surface area (Å²) in [5, 5.41) is 8.03. The molecule has 2 saturated heterocycles. The molecule has 2 aromatic rings. The lowest BCUT2D eigenvalue weighted by molar-refractivity contribution is 0.0512. The highest BCUT2D eigenvalue weighted by Gasteiger charge is 2.35. The molecule has 1 N–H and O–H groups in total. The third kappa shape index (κ3) is 4.94. The molecule has 2 aliphatic rings. The van der Waals surface area contributed by atoms with Crippen molar-refractivity contribution in [1.29, 1.82) is 0 Å². The summed E-state index contributed by atoms with van der Waals surface area (Å²) in [5.41, 5.74) is 2.83. The van der Waals surface area contributed by atoms with Crippen LogP contribution in [0.1, 0.15) is 36.3 Å². The Morgan fingerprint density at radius 1 is 1.28 bits per heavy atom. The minimum atomic E-state index is 0. The van der Waals surface area contributed by atoms with E-state index in [1.807, 2.05) is 25.0 Å². The SMILES string of the molecule is CN=C(NCC1(c2ccccc2)CCOCC1)N1CCC(c2cnn(C)c2)C1.I. The lowest BCUT2D eigenvalue weighted by atomic mass is 9.74. The van der Waals surface area contributed by atoms with Gasteiger partial charge in [0, 0.05) is 64.5 Å². The molecule has 0 amide bonds. The van der Waals surface area contributed by atoms with Crippen LogP contribution in [0.2, 0.25) is 0 Å². The molecule has 3 heterocycles. The molecule has 1 unspecified atom stereocenters. The highest BCUT2D eigenvalue weighted by molar-refractivity contribution is 14.0. The Kier molecular flexibility index (Phi) is 7.56. The molecule has 0 spiro atoms. The highest BCUT2D eigenvalue weighted by atomic mass is 127. The number of nitrogens with zero attached hydrogens (tertiary/aromatic N) is 4. The molecule has 1 atom stereocenters. The van der Waals surface area contributed by atoms with E-state index in [2.05, 4.69) is 56.8 Å². The third-order valence-corrected chi connectivity index (χ3v) is 6.32. The van der Waals surface area contributed by atoms with Gasteiger partial charge in [-0.3, -0.25) is 9.67 Å². The molecule has 0 saturated carbocycles. The van der Waals surface area contributed by atoms with Crippen LogP contribution >= 0.6 is 24.0 Å². The van der Waals surface area contributed by atoms with Gasteiger partial charge in [-0.1, -0.05) is 30.3 Å². The monoisotopic (exact) mass is 509 g/mol. The molecule has 1 aromatic heterocycles. The van der Waals surface area contributed by atoms with Crippen LogP contribution in [0.3, 0.4) is 0 Å². The first-order valence-electron chi connectivity index (χ1n) is 10.3. The van der Waals surface area contributed by atoms with Gasteiger partial charge in [0.15, 0.2) is 5.96 Å². The van der Waals surface area contributed by atoms with E-state index < -0.39 is 0 Å². The van der Waals surface area contributed by atoms with Crippen LogP contribution in [-0.4, -0.2) is 60.5 Å². The number of ether oxygens (including phenoxy) is 1. The minimum absolute atomic E-state index is 0. The Hall–Kier alpha value is -1.61. The van der Waals surface area contributed by atoms with E-state index in [1.165, 1.54) is 11.1 Å². The zero-order chi connectivity index (χ0) is 19.4. The number of rotatable bonds is 4. The summed E-state index contributed by atoms with van der Waals surface area (Å²) in [7, 11) is 3.87. The largest absolute Gasteiger partial charge is 0.381 e. The van der Waals surface area contributed by atoms with Gasteiger partial charge in [0.2, 0.25) is 0 Å². The lowest BCUT2D eigenvalue weighted by Crippen LogP contribution is -2.48. The standard InChI is InChI=1S/C22H31N5O.HI/c1-23-21(27-11-8-18(16-27)19-14-25-26(2)15-19)24-17-22(9-12-28-13-10-22)20-6-4-3-5-7-20;/h3-7,14-15,18H,8-13,16-17H2,1-2H3,(H,23,24);1H. The third-order valence-electron chi connectivity index (χ3n) is 6.32. The number of aryl methyl sites for hydroxylation is 1. The predicted octanol–water partition coefficient (Wildman–Crippen LogP) is 3.15. The van der Waals surface area contributed by atoms with Gasteiger partial charge in [0.05, 0.1) is 6.20 Å². The fourth-order valence-corrected chi connectivity index (χ4v) is 4.58.